The van der Waals surface area contributed by atoms with Crippen LogP contribution in [0.1, 0.15) is 22.3 Å². The molecule has 0 radical (unpaired) electrons. The molecule has 1 heterocycles. The van der Waals surface area contributed by atoms with Crippen LogP contribution in [0.4, 0.5) is 0 Å². The molecule has 32 heavy (non-hydrogen) atoms. The zero-order chi connectivity index (χ0) is 22.8. The second-order valence-electron chi connectivity index (χ2n) is 7.82. The third-order valence-electron chi connectivity index (χ3n) is 5.78. The van der Waals surface area contributed by atoms with Crippen molar-refractivity contribution < 1.29 is 23.7 Å². The first-order valence-corrected chi connectivity index (χ1v) is 11.1. The molecule has 0 N–H and O–H groups in total. The van der Waals surface area contributed by atoms with Gasteiger partial charge in [-0.2, -0.15) is 0 Å². The van der Waals surface area contributed by atoms with E-state index in [0.29, 0.717) is 29.4 Å². The van der Waals surface area contributed by atoms with Gasteiger partial charge in [0.2, 0.25) is 5.75 Å². The van der Waals surface area contributed by atoms with Crippen molar-refractivity contribution in [2.45, 2.75) is 12.8 Å². The Hall–Kier alpha value is -2.77. The molecule has 0 aromatic heterocycles. The summed E-state index contributed by atoms with van der Waals surface area (Å²) < 4.78 is 21.4. The van der Waals surface area contributed by atoms with E-state index in [-0.39, 0.29) is 0 Å². The first-order valence-electron chi connectivity index (χ1n) is 11.1. The van der Waals surface area contributed by atoms with E-state index in [1.807, 2.05) is 0 Å². The molecule has 7 heteroatoms. The van der Waals surface area contributed by atoms with Crippen molar-refractivity contribution in [1.29, 1.82) is 0 Å². The molecule has 2 aromatic carbocycles. The number of esters is 1. The molecule has 0 atom stereocenters. The molecule has 2 aromatic rings. The van der Waals surface area contributed by atoms with Crippen molar-refractivity contribution in [3.63, 3.8) is 0 Å². The minimum Gasteiger partial charge on any atom is -0.493 e. The summed E-state index contributed by atoms with van der Waals surface area (Å²) >= 11 is 0. The molecule has 0 bridgehead atoms. The van der Waals surface area contributed by atoms with Crippen molar-refractivity contribution in [3.05, 3.63) is 53.6 Å². The van der Waals surface area contributed by atoms with Crippen LogP contribution in [0.2, 0.25) is 0 Å². The van der Waals surface area contributed by atoms with E-state index in [1.54, 1.807) is 12.1 Å². The second-order valence-corrected chi connectivity index (χ2v) is 7.82. The Morgan fingerprint density at radius 1 is 0.844 bits per heavy atom. The van der Waals surface area contributed by atoms with Crippen LogP contribution in [0.25, 0.3) is 0 Å². The maximum Gasteiger partial charge on any atom is 0.338 e. The number of carbonyl (C=O) groups is 1. The van der Waals surface area contributed by atoms with Crippen LogP contribution in [-0.4, -0.2) is 83.0 Å². The topological polar surface area (TPSA) is 60.5 Å². The summed E-state index contributed by atoms with van der Waals surface area (Å²) in [7, 11) is 4.57. The number of hydrogen-bond acceptors (Lipinski definition) is 7. The van der Waals surface area contributed by atoms with Crippen molar-refractivity contribution >= 4 is 5.97 Å². The van der Waals surface area contributed by atoms with Gasteiger partial charge in [0, 0.05) is 39.3 Å². The smallest absolute Gasteiger partial charge is 0.338 e. The highest BCUT2D eigenvalue weighted by molar-refractivity contribution is 5.91. The molecule has 0 saturated carbocycles. The Kier molecular flexibility index (Phi) is 9.19. The Labute approximate surface area is 190 Å². The first kappa shape index (κ1) is 23.9. The molecular formula is C25H34N2O5. The summed E-state index contributed by atoms with van der Waals surface area (Å²) in [6, 6.07) is 13.9. The fourth-order valence-electron chi connectivity index (χ4n) is 3.90. The Balaban J connectivity index is 1.36. The molecule has 1 aliphatic rings. The van der Waals surface area contributed by atoms with Gasteiger partial charge in [0.15, 0.2) is 11.5 Å². The van der Waals surface area contributed by atoms with Crippen LogP contribution < -0.4 is 14.2 Å². The summed E-state index contributed by atoms with van der Waals surface area (Å²) in [6.07, 6.45) is 1.90. The molecule has 3 rings (SSSR count). The van der Waals surface area contributed by atoms with Gasteiger partial charge in [-0.25, -0.2) is 4.79 Å². The monoisotopic (exact) mass is 442 g/mol. The SMILES string of the molecule is COc1cc(C(=O)OCCCN2CCN(CCc3ccccc3)CC2)cc(OC)c1OC. The average Bonchev–Trinajstić information content (AvgIpc) is 2.85. The molecule has 0 unspecified atom stereocenters. The minimum absolute atomic E-state index is 0.379. The number of rotatable bonds is 11. The Morgan fingerprint density at radius 3 is 2.00 bits per heavy atom. The molecule has 7 nitrogen and oxygen atoms in total. The van der Waals surface area contributed by atoms with E-state index in [4.69, 9.17) is 18.9 Å². The highest BCUT2D eigenvalue weighted by Gasteiger charge is 2.19. The predicted octanol–water partition coefficient (Wildman–Crippen LogP) is 3.12. The quantitative estimate of drug-likeness (QED) is 0.391. The van der Waals surface area contributed by atoms with E-state index < -0.39 is 5.97 Å². The number of piperazine rings is 1. The fraction of sp³-hybridized carbons (Fsp3) is 0.480. The van der Waals surface area contributed by atoms with Crippen molar-refractivity contribution in [2.75, 3.05) is 67.2 Å². The number of ether oxygens (including phenoxy) is 4. The van der Waals surface area contributed by atoms with Crippen molar-refractivity contribution in [2.24, 2.45) is 0 Å². The lowest BCUT2D eigenvalue weighted by Gasteiger charge is -2.34. The molecule has 1 fully saturated rings. The minimum atomic E-state index is -0.394. The predicted molar refractivity (Wildman–Crippen MR) is 124 cm³/mol. The third-order valence-corrected chi connectivity index (χ3v) is 5.78. The van der Waals surface area contributed by atoms with Crippen molar-refractivity contribution in [3.8, 4) is 17.2 Å². The number of methoxy groups -OCH3 is 3. The van der Waals surface area contributed by atoms with Gasteiger partial charge in [-0.15, -0.1) is 0 Å². The maximum atomic E-state index is 12.5. The fourth-order valence-corrected chi connectivity index (χ4v) is 3.90. The molecule has 1 aliphatic heterocycles. The van der Waals surface area contributed by atoms with Gasteiger partial charge < -0.3 is 28.7 Å². The van der Waals surface area contributed by atoms with Gasteiger partial charge >= 0.3 is 5.97 Å². The standard InChI is InChI=1S/C25H34N2O5/c1-29-22-18-21(19-23(30-2)24(22)31-3)25(28)32-17-7-11-26-13-15-27(16-14-26)12-10-20-8-5-4-6-9-20/h4-6,8-9,18-19H,7,10-17H2,1-3H3. The summed E-state index contributed by atoms with van der Waals surface area (Å²) in [5.74, 6) is 0.928. The van der Waals surface area contributed by atoms with Gasteiger partial charge in [-0.05, 0) is 30.5 Å². The van der Waals surface area contributed by atoms with E-state index in [9.17, 15) is 4.79 Å². The van der Waals surface area contributed by atoms with Crippen LogP contribution in [0.3, 0.4) is 0 Å². The van der Waals surface area contributed by atoms with Gasteiger partial charge in [0.05, 0.1) is 33.5 Å². The van der Waals surface area contributed by atoms with E-state index in [2.05, 4.69) is 40.1 Å². The van der Waals surface area contributed by atoms with Gasteiger partial charge in [0.25, 0.3) is 0 Å². The summed E-state index contributed by atoms with van der Waals surface area (Å²) in [5, 5.41) is 0. The molecule has 1 saturated heterocycles. The van der Waals surface area contributed by atoms with Gasteiger partial charge in [0.1, 0.15) is 0 Å². The Bertz CT molecular complexity index is 826. The van der Waals surface area contributed by atoms with Crippen LogP contribution in [-0.2, 0) is 11.2 Å². The van der Waals surface area contributed by atoms with E-state index >= 15 is 0 Å². The van der Waals surface area contributed by atoms with Crippen LogP contribution in [0.15, 0.2) is 42.5 Å². The molecule has 0 amide bonds. The average molecular weight is 443 g/mol. The molecule has 0 aliphatic carbocycles. The zero-order valence-corrected chi connectivity index (χ0v) is 19.3. The molecule has 0 spiro atoms. The van der Waals surface area contributed by atoms with E-state index in [1.165, 1.54) is 26.9 Å². The summed E-state index contributed by atoms with van der Waals surface area (Å²) in [5.41, 5.74) is 1.77. The van der Waals surface area contributed by atoms with Crippen molar-refractivity contribution in [1.82, 2.24) is 9.80 Å². The van der Waals surface area contributed by atoms with Crippen LogP contribution in [0.5, 0.6) is 17.2 Å². The lowest BCUT2D eigenvalue weighted by molar-refractivity contribution is 0.0476. The van der Waals surface area contributed by atoms with E-state index in [0.717, 1.165) is 52.1 Å². The van der Waals surface area contributed by atoms with Gasteiger partial charge in [-0.3, -0.25) is 0 Å². The number of nitrogens with zero attached hydrogens (tertiary/aromatic N) is 2. The normalized spacial score (nSPS) is 14.7. The molecular weight excluding hydrogens is 408 g/mol. The maximum absolute atomic E-state index is 12.5. The molecule has 174 valence electrons. The van der Waals surface area contributed by atoms with Crippen LogP contribution in [0, 0.1) is 0 Å². The number of benzene rings is 2. The second kappa shape index (κ2) is 12.3. The zero-order valence-electron chi connectivity index (χ0n) is 19.3. The highest BCUT2D eigenvalue weighted by atomic mass is 16.5. The van der Waals surface area contributed by atoms with Gasteiger partial charge in [-0.1, -0.05) is 30.3 Å². The summed E-state index contributed by atoms with van der Waals surface area (Å²) in [4.78, 5) is 17.4. The first-order chi connectivity index (χ1) is 15.6. The number of carbonyl (C=O) groups excluding carboxylic acids is 1. The number of hydrogen-bond donors (Lipinski definition) is 0. The Morgan fingerprint density at radius 2 is 1.44 bits per heavy atom. The lowest BCUT2D eigenvalue weighted by Crippen LogP contribution is -2.47. The third kappa shape index (κ3) is 6.61. The largest absolute Gasteiger partial charge is 0.493 e. The highest BCUT2D eigenvalue weighted by Crippen LogP contribution is 2.38. The van der Waals surface area contributed by atoms with Crippen LogP contribution >= 0.6 is 0 Å². The lowest BCUT2D eigenvalue weighted by atomic mass is 10.1. The summed E-state index contributed by atoms with van der Waals surface area (Å²) in [6.45, 7) is 6.67.